The summed E-state index contributed by atoms with van der Waals surface area (Å²) >= 11 is 0. The van der Waals surface area contributed by atoms with Gasteiger partial charge in [0.25, 0.3) is 5.91 Å². The molecule has 1 amide bonds. The van der Waals surface area contributed by atoms with Gasteiger partial charge in [0.2, 0.25) is 5.95 Å². The van der Waals surface area contributed by atoms with Crippen LogP contribution in [0.3, 0.4) is 0 Å². The summed E-state index contributed by atoms with van der Waals surface area (Å²) in [4.78, 5) is 22.6. The van der Waals surface area contributed by atoms with Crippen molar-refractivity contribution < 1.29 is 4.79 Å². The molecule has 0 aromatic carbocycles. The number of nitrogens with zero attached hydrogens (tertiary/aromatic N) is 3. The summed E-state index contributed by atoms with van der Waals surface area (Å²) in [5, 5.41) is 3.02. The third-order valence-electron chi connectivity index (χ3n) is 3.38. The number of hydrogen-bond donors (Lipinski definition) is 1. The van der Waals surface area contributed by atoms with Gasteiger partial charge in [-0.2, -0.15) is 0 Å². The first kappa shape index (κ1) is 13.8. The predicted molar refractivity (Wildman–Crippen MR) is 75.2 cm³/mol. The van der Waals surface area contributed by atoms with Crippen LogP contribution < -0.4 is 5.32 Å². The number of rotatable bonds is 3. The third-order valence-corrected chi connectivity index (χ3v) is 3.38. The normalized spacial score (nSPS) is 16.6. The van der Waals surface area contributed by atoms with Crippen molar-refractivity contribution in [2.45, 2.75) is 39.0 Å². The summed E-state index contributed by atoms with van der Waals surface area (Å²) in [6.07, 6.45) is 9.17. The van der Waals surface area contributed by atoms with E-state index in [9.17, 15) is 4.79 Å². The zero-order valence-corrected chi connectivity index (χ0v) is 11.6. The highest BCUT2D eigenvalue weighted by Gasteiger charge is 2.17. The molecule has 0 atom stereocenters. The Morgan fingerprint density at radius 2 is 1.74 bits per heavy atom. The molecule has 1 aromatic rings. The first-order valence-corrected chi connectivity index (χ1v) is 7.16. The quantitative estimate of drug-likeness (QED) is 0.908. The molecule has 1 N–H and O–H groups in total. The van der Waals surface area contributed by atoms with Gasteiger partial charge in [-0.05, 0) is 19.8 Å². The smallest absolute Gasteiger partial charge is 0.256 e. The number of anilines is 1. The Balaban J connectivity index is 2.00. The van der Waals surface area contributed by atoms with Gasteiger partial charge in [0.15, 0.2) is 0 Å². The second kappa shape index (κ2) is 7.07. The lowest BCUT2D eigenvalue weighted by Gasteiger charge is -2.24. The number of amides is 1. The van der Waals surface area contributed by atoms with Crippen LogP contribution in [0, 0.1) is 0 Å². The molecule has 0 bridgehead atoms. The van der Waals surface area contributed by atoms with Crippen LogP contribution in [0.15, 0.2) is 12.4 Å². The molecule has 104 valence electrons. The van der Waals surface area contributed by atoms with Gasteiger partial charge in [-0.1, -0.05) is 19.3 Å². The van der Waals surface area contributed by atoms with E-state index in [0.29, 0.717) is 11.5 Å². The molecule has 1 fully saturated rings. The van der Waals surface area contributed by atoms with Crippen molar-refractivity contribution in [1.82, 2.24) is 14.9 Å². The van der Waals surface area contributed by atoms with E-state index in [-0.39, 0.29) is 5.91 Å². The maximum absolute atomic E-state index is 12.4. The zero-order valence-electron chi connectivity index (χ0n) is 11.6. The van der Waals surface area contributed by atoms with Gasteiger partial charge in [0.1, 0.15) is 0 Å². The van der Waals surface area contributed by atoms with E-state index in [4.69, 9.17) is 0 Å². The number of hydrogen-bond acceptors (Lipinski definition) is 4. The Labute approximate surface area is 114 Å². The molecule has 1 saturated heterocycles. The van der Waals surface area contributed by atoms with E-state index >= 15 is 0 Å². The lowest BCUT2D eigenvalue weighted by atomic mass is 10.1. The Morgan fingerprint density at radius 3 is 2.32 bits per heavy atom. The van der Waals surface area contributed by atoms with Crippen molar-refractivity contribution in [3.8, 4) is 0 Å². The highest BCUT2D eigenvalue weighted by atomic mass is 16.2. The summed E-state index contributed by atoms with van der Waals surface area (Å²) in [6.45, 7) is 4.48. The molecule has 0 unspecified atom stereocenters. The topological polar surface area (TPSA) is 58.1 Å². The fourth-order valence-corrected chi connectivity index (χ4v) is 2.32. The van der Waals surface area contributed by atoms with E-state index in [2.05, 4.69) is 15.3 Å². The summed E-state index contributed by atoms with van der Waals surface area (Å²) in [7, 11) is 0. The number of aromatic nitrogens is 2. The van der Waals surface area contributed by atoms with Crippen LogP contribution in [0.1, 0.15) is 49.4 Å². The minimum Gasteiger partial charge on any atom is -0.355 e. The van der Waals surface area contributed by atoms with E-state index in [0.717, 1.165) is 32.5 Å². The molecule has 0 saturated carbocycles. The summed E-state index contributed by atoms with van der Waals surface area (Å²) in [5.74, 6) is 0.636. The van der Waals surface area contributed by atoms with Crippen LogP contribution in [-0.4, -0.2) is 40.4 Å². The molecule has 0 spiro atoms. The lowest BCUT2D eigenvalue weighted by Crippen LogP contribution is -2.34. The number of carbonyl (C=O) groups excluding carboxylic acids is 1. The van der Waals surface area contributed by atoms with Gasteiger partial charge in [0, 0.05) is 32.0 Å². The second-order valence-corrected chi connectivity index (χ2v) is 4.89. The van der Waals surface area contributed by atoms with Gasteiger partial charge in [0.05, 0.1) is 5.56 Å². The van der Waals surface area contributed by atoms with Crippen LogP contribution >= 0.6 is 0 Å². The fourth-order valence-electron chi connectivity index (χ4n) is 2.32. The van der Waals surface area contributed by atoms with Crippen LogP contribution in [0.2, 0.25) is 0 Å². The van der Waals surface area contributed by atoms with E-state index < -0.39 is 0 Å². The van der Waals surface area contributed by atoms with Crippen molar-refractivity contribution in [1.29, 1.82) is 0 Å². The molecule has 1 aliphatic heterocycles. The van der Waals surface area contributed by atoms with Crippen LogP contribution in [-0.2, 0) is 0 Å². The van der Waals surface area contributed by atoms with Gasteiger partial charge < -0.3 is 10.2 Å². The third kappa shape index (κ3) is 3.91. The van der Waals surface area contributed by atoms with Crippen molar-refractivity contribution >= 4 is 11.9 Å². The van der Waals surface area contributed by atoms with Crippen LogP contribution in [0.4, 0.5) is 5.95 Å². The molecule has 19 heavy (non-hydrogen) atoms. The molecular formula is C14H22N4O. The summed E-state index contributed by atoms with van der Waals surface area (Å²) in [6, 6.07) is 0. The van der Waals surface area contributed by atoms with Gasteiger partial charge >= 0.3 is 0 Å². The Morgan fingerprint density at radius 1 is 1.16 bits per heavy atom. The monoisotopic (exact) mass is 262 g/mol. The summed E-state index contributed by atoms with van der Waals surface area (Å²) < 4.78 is 0. The van der Waals surface area contributed by atoms with Crippen LogP contribution in [0.25, 0.3) is 0 Å². The van der Waals surface area contributed by atoms with E-state index in [1.807, 2.05) is 11.8 Å². The minimum absolute atomic E-state index is 0.0601. The van der Waals surface area contributed by atoms with Crippen LogP contribution in [0.5, 0.6) is 0 Å². The first-order chi connectivity index (χ1) is 9.31. The van der Waals surface area contributed by atoms with Gasteiger partial charge in [-0.15, -0.1) is 0 Å². The molecule has 1 aromatic heterocycles. The standard InChI is InChI=1S/C14H22N4O/c1-2-15-14-16-10-12(11-17-14)13(19)18-8-6-4-3-5-7-9-18/h10-11H,2-9H2,1H3,(H,15,16,17). The molecular weight excluding hydrogens is 240 g/mol. The number of likely N-dealkylation sites (tertiary alicyclic amines) is 1. The summed E-state index contributed by atoms with van der Waals surface area (Å²) in [5.41, 5.74) is 0.585. The molecule has 5 heteroatoms. The first-order valence-electron chi connectivity index (χ1n) is 7.16. The van der Waals surface area contributed by atoms with Crippen molar-refractivity contribution in [3.63, 3.8) is 0 Å². The molecule has 5 nitrogen and oxygen atoms in total. The SMILES string of the molecule is CCNc1ncc(C(=O)N2CCCCCCC2)cn1. The average Bonchev–Trinajstić information content (AvgIpc) is 2.39. The maximum atomic E-state index is 12.4. The lowest BCUT2D eigenvalue weighted by molar-refractivity contribution is 0.0741. The number of nitrogens with one attached hydrogen (secondary N) is 1. The Bertz CT molecular complexity index is 396. The zero-order chi connectivity index (χ0) is 13.5. The fraction of sp³-hybridized carbons (Fsp3) is 0.643. The van der Waals surface area contributed by atoms with E-state index in [1.54, 1.807) is 12.4 Å². The largest absolute Gasteiger partial charge is 0.355 e. The molecule has 0 radical (unpaired) electrons. The molecule has 1 aliphatic rings. The van der Waals surface area contributed by atoms with Gasteiger partial charge in [-0.3, -0.25) is 4.79 Å². The molecule has 2 heterocycles. The maximum Gasteiger partial charge on any atom is 0.256 e. The van der Waals surface area contributed by atoms with Gasteiger partial charge in [-0.25, -0.2) is 9.97 Å². The van der Waals surface area contributed by atoms with E-state index in [1.165, 1.54) is 19.3 Å². The highest BCUT2D eigenvalue weighted by molar-refractivity contribution is 5.93. The molecule has 2 rings (SSSR count). The second-order valence-electron chi connectivity index (χ2n) is 4.89. The molecule has 0 aliphatic carbocycles. The highest BCUT2D eigenvalue weighted by Crippen LogP contribution is 2.13. The average molecular weight is 262 g/mol. The predicted octanol–water partition coefficient (Wildman–Crippen LogP) is 2.31. The number of carbonyl (C=O) groups is 1. The van der Waals surface area contributed by atoms with Crippen molar-refractivity contribution in [3.05, 3.63) is 18.0 Å². The van der Waals surface area contributed by atoms with Crippen molar-refractivity contribution in [2.75, 3.05) is 25.0 Å². The minimum atomic E-state index is 0.0601. The Kier molecular flexibility index (Phi) is 5.12. The Hall–Kier alpha value is -1.65. The van der Waals surface area contributed by atoms with Crippen molar-refractivity contribution in [2.24, 2.45) is 0 Å².